The van der Waals surface area contributed by atoms with Crippen molar-refractivity contribution in [2.45, 2.75) is 57.0 Å². The van der Waals surface area contributed by atoms with E-state index >= 15 is 0 Å². The van der Waals surface area contributed by atoms with Crippen LogP contribution in [0.1, 0.15) is 51.0 Å². The zero-order chi connectivity index (χ0) is 17.2. The van der Waals surface area contributed by atoms with Crippen LogP contribution < -0.4 is 11.1 Å². The number of aromatic nitrogens is 4. The lowest BCUT2D eigenvalue weighted by Crippen LogP contribution is -2.35. The van der Waals surface area contributed by atoms with Crippen molar-refractivity contribution < 1.29 is 4.79 Å². The maximum atomic E-state index is 12.4. The molecule has 4 rings (SSSR count). The van der Waals surface area contributed by atoms with E-state index in [4.69, 9.17) is 5.73 Å². The summed E-state index contributed by atoms with van der Waals surface area (Å²) in [5.41, 5.74) is 7.85. The smallest absolute Gasteiger partial charge is 0.224 e. The molecule has 2 fully saturated rings. The van der Waals surface area contributed by atoms with Gasteiger partial charge in [0.05, 0.1) is 6.04 Å². The van der Waals surface area contributed by atoms with E-state index in [9.17, 15) is 4.79 Å². The Morgan fingerprint density at radius 3 is 2.88 bits per heavy atom. The van der Waals surface area contributed by atoms with Crippen LogP contribution in [0, 0.1) is 5.92 Å². The number of nitrogens with one attached hydrogen (secondary N) is 1. The molecule has 2 atom stereocenters. The highest BCUT2D eigenvalue weighted by Gasteiger charge is 2.28. The summed E-state index contributed by atoms with van der Waals surface area (Å²) in [5.74, 6) is 1.08. The Morgan fingerprint density at radius 1 is 1.24 bits per heavy atom. The van der Waals surface area contributed by atoms with Crippen molar-refractivity contribution in [1.82, 2.24) is 20.2 Å². The van der Waals surface area contributed by atoms with Gasteiger partial charge in [0.25, 0.3) is 0 Å². The predicted molar refractivity (Wildman–Crippen MR) is 94.7 cm³/mol. The van der Waals surface area contributed by atoms with E-state index in [-0.39, 0.29) is 11.9 Å². The number of hydrogen-bond acceptors (Lipinski definition) is 5. The van der Waals surface area contributed by atoms with E-state index in [2.05, 4.69) is 20.8 Å². The van der Waals surface area contributed by atoms with Gasteiger partial charge in [0.2, 0.25) is 5.91 Å². The van der Waals surface area contributed by atoms with Gasteiger partial charge in [-0.25, -0.2) is 4.68 Å². The van der Waals surface area contributed by atoms with Crippen LogP contribution in [-0.4, -0.2) is 32.2 Å². The van der Waals surface area contributed by atoms with E-state index in [1.54, 1.807) is 0 Å². The van der Waals surface area contributed by atoms with Gasteiger partial charge in [-0.15, -0.1) is 5.10 Å². The molecule has 25 heavy (non-hydrogen) atoms. The highest BCUT2D eigenvalue weighted by molar-refractivity contribution is 5.91. The van der Waals surface area contributed by atoms with E-state index in [0.29, 0.717) is 18.4 Å². The molecule has 132 valence electrons. The lowest BCUT2D eigenvalue weighted by Gasteiger charge is -2.27. The first-order chi connectivity index (χ1) is 12.2. The van der Waals surface area contributed by atoms with E-state index in [1.165, 1.54) is 12.8 Å². The number of tetrazole rings is 1. The molecule has 2 unspecified atom stereocenters. The molecule has 2 aromatic rings. The van der Waals surface area contributed by atoms with E-state index in [1.807, 2.05) is 28.9 Å². The SMILES string of the molecule is NC1CCCCC1CC(=O)Nc1cccc(-c2nnnn2C2CC2)c1. The van der Waals surface area contributed by atoms with Crippen LogP contribution >= 0.6 is 0 Å². The molecule has 0 spiro atoms. The van der Waals surface area contributed by atoms with Crippen LogP contribution in [0.15, 0.2) is 24.3 Å². The van der Waals surface area contributed by atoms with Crippen molar-refractivity contribution >= 4 is 11.6 Å². The summed E-state index contributed by atoms with van der Waals surface area (Å²) < 4.78 is 1.88. The molecule has 7 heteroatoms. The minimum atomic E-state index is 0.0290. The summed E-state index contributed by atoms with van der Waals surface area (Å²) in [5, 5.41) is 15.0. The van der Waals surface area contributed by atoms with Crippen molar-refractivity contribution in [3.05, 3.63) is 24.3 Å². The average Bonchev–Trinajstić information content (AvgIpc) is 3.34. The predicted octanol–water partition coefficient (Wildman–Crippen LogP) is 2.52. The van der Waals surface area contributed by atoms with Gasteiger partial charge >= 0.3 is 0 Å². The summed E-state index contributed by atoms with van der Waals surface area (Å²) in [6, 6.07) is 8.28. The quantitative estimate of drug-likeness (QED) is 0.871. The van der Waals surface area contributed by atoms with Crippen molar-refractivity contribution in [3.63, 3.8) is 0 Å². The highest BCUT2D eigenvalue weighted by Crippen LogP contribution is 2.36. The van der Waals surface area contributed by atoms with Gasteiger partial charge in [0.1, 0.15) is 0 Å². The standard InChI is InChI=1S/C18H24N6O/c19-16-7-2-1-4-12(16)11-17(25)20-14-6-3-5-13(10-14)18-21-22-23-24(18)15-8-9-15/h3,5-6,10,12,15-16H,1-2,4,7-9,11,19H2,(H,20,25). The minimum absolute atomic E-state index is 0.0290. The highest BCUT2D eigenvalue weighted by atomic mass is 16.1. The molecule has 0 saturated heterocycles. The zero-order valence-corrected chi connectivity index (χ0v) is 14.3. The van der Waals surface area contributed by atoms with Gasteiger partial charge in [-0.05, 0) is 54.2 Å². The van der Waals surface area contributed by atoms with Crippen molar-refractivity contribution in [3.8, 4) is 11.4 Å². The number of benzene rings is 1. The molecule has 2 aliphatic rings. The van der Waals surface area contributed by atoms with E-state index in [0.717, 1.165) is 42.8 Å². The van der Waals surface area contributed by atoms with E-state index < -0.39 is 0 Å². The third kappa shape index (κ3) is 3.71. The third-order valence-corrected chi connectivity index (χ3v) is 5.21. The van der Waals surface area contributed by atoms with Gasteiger partial charge < -0.3 is 11.1 Å². The fourth-order valence-corrected chi connectivity index (χ4v) is 3.62. The summed E-state index contributed by atoms with van der Waals surface area (Å²) in [6.45, 7) is 0. The lowest BCUT2D eigenvalue weighted by molar-refractivity contribution is -0.117. The second-order valence-electron chi connectivity index (χ2n) is 7.22. The summed E-state index contributed by atoms with van der Waals surface area (Å²) >= 11 is 0. The van der Waals surface area contributed by atoms with Crippen LogP contribution in [0.25, 0.3) is 11.4 Å². The van der Waals surface area contributed by atoms with Gasteiger partial charge in [0.15, 0.2) is 5.82 Å². The molecular weight excluding hydrogens is 316 g/mol. The maximum absolute atomic E-state index is 12.4. The molecule has 1 aromatic heterocycles. The number of anilines is 1. The summed E-state index contributed by atoms with van der Waals surface area (Å²) in [6.07, 6.45) is 7.15. The monoisotopic (exact) mass is 340 g/mol. The summed E-state index contributed by atoms with van der Waals surface area (Å²) in [4.78, 5) is 12.4. The molecular formula is C18H24N6O. The van der Waals surface area contributed by atoms with Crippen LogP contribution in [0.4, 0.5) is 5.69 Å². The fraction of sp³-hybridized carbons (Fsp3) is 0.556. The first-order valence-corrected chi connectivity index (χ1v) is 9.14. The lowest BCUT2D eigenvalue weighted by atomic mass is 9.83. The number of carbonyl (C=O) groups excluding carboxylic acids is 1. The van der Waals surface area contributed by atoms with Gasteiger partial charge in [-0.2, -0.15) is 0 Å². The molecule has 0 bridgehead atoms. The number of amides is 1. The fourth-order valence-electron chi connectivity index (χ4n) is 3.62. The average molecular weight is 340 g/mol. The van der Waals surface area contributed by atoms with Crippen LogP contribution in [0.5, 0.6) is 0 Å². The Hall–Kier alpha value is -2.28. The normalized spacial score (nSPS) is 23.4. The van der Waals surface area contributed by atoms with Crippen molar-refractivity contribution in [2.75, 3.05) is 5.32 Å². The summed E-state index contributed by atoms with van der Waals surface area (Å²) in [7, 11) is 0. The minimum Gasteiger partial charge on any atom is -0.327 e. The zero-order valence-electron chi connectivity index (χ0n) is 14.3. The first kappa shape index (κ1) is 16.2. The Labute approximate surface area is 147 Å². The van der Waals surface area contributed by atoms with Crippen LogP contribution in [0.2, 0.25) is 0 Å². The van der Waals surface area contributed by atoms with Crippen molar-refractivity contribution in [1.29, 1.82) is 0 Å². The Balaban J connectivity index is 1.44. The molecule has 0 radical (unpaired) electrons. The van der Waals surface area contributed by atoms with Gasteiger partial charge in [-0.3, -0.25) is 4.79 Å². The second kappa shape index (κ2) is 6.92. The van der Waals surface area contributed by atoms with Crippen molar-refractivity contribution in [2.24, 2.45) is 11.7 Å². The Kier molecular flexibility index (Phi) is 4.48. The third-order valence-electron chi connectivity index (χ3n) is 5.21. The van der Waals surface area contributed by atoms with Crippen LogP contribution in [0.3, 0.4) is 0 Å². The number of nitrogens with zero attached hydrogens (tertiary/aromatic N) is 4. The topological polar surface area (TPSA) is 98.7 Å². The molecule has 1 heterocycles. The number of hydrogen-bond donors (Lipinski definition) is 2. The molecule has 0 aliphatic heterocycles. The maximum Gasteiger partial charge on any atom is 0.224 e. The Morgan fingerprint density at radius 2 is 2.08 bits per heavy atom. The number of carbonyl (C=O) groups is 1. The molecule has 2 aliphatic carbocycles. The molecule has 3 N–H and O–H groups in total. The van der Waals surface area contributed by atoms with Gasteiger partial charge in [-0.1, -0.05) is 25.0 Å². The number of rotatable bonds is 5. The second-order valence-corrected chi connectivity index (χ2v) is 7.22. The Bertz CT molecular complexity index is 754. The molecule has 7 nitrogen and oxygen atoms in total. The van der Waals surface area contributed by atoms with Gasteiger partial charge in [0, 0.05) is 23.7 Å². The first-order valence-electron chi connectivity index (χ1n) is 9.14. The number of nitrogens with two attached hydrogens (primary N) is 1. The van der Waals surface area contributed by atoms with Crippen LogP contribution in [-0.2, 0) is 4.79 Å². The molecule has 1 aromatic carbocycles. The molecule has 2 saturated carbocycles. The molecule has 1 amide bonds. The largest absolute Gasteiger partial charge is 0.327 e.